The Bertz CT molecular complexity index is 599. The van der Waals surface area contributed by atoms with Crippen LogP contribution in [0, 0.1) is 5.82 Å². The van der Waals surface area contributed by atoms with E-state index in [-0.39, 0.29) is 24.3 Å². The van der Waals surface area contributed by atoms with Gasteiger partial charge in [0.1, 0.15) is 5.82 Å². The number of benzene rings is 2. The standard InChI is InChI=1S/C16H16ClFN2O/c1-11(12-2-4-13(17)5-3-12)19-10-16(21)20-15-8-6-14(18)7-9-15/h2-9,11,19H,10H2,1H3,(H,20,21)/t11-/m1/s1. The highest BCUT2D eigenvalue weighted by atomic mass is 35.5. The third kappa shape index (κ3) is 4.85. The molecule has 110 valence electrons. The summed E-state index contributed by atoms with van der Waals surface area (Å²) in [5, 5.41) is 6.50. The Morgan fingerprint density at radius 3 is 2.38 bits per heavy atom. The number of amides is 1. The van der Waals surface area contributed by atoms with Crippen molar-refractivity contribution in [3.05, 3.63) is 64.9 Å². The van der Waals surface area contributed by atoms with Crippen LogP contribution in [0.2, 0.25) is 5.02 Å². The SMILES string of the molecule is C[C@@H](NCC(=O)Nc1ccc(F)cc1)c1ccc(Cl)cc1. The molecule has 0 saturated heterocycles. The van der Waals surface area contributed by atoms with Crippen LogP contribution in [0.5, 0.6) is 0 Å². The molecule has 0 spiro atoms. The van der Waals surface area contributed by atoms with E-state index in [2.05, 4.69) is 10.6 Å². The maximum absolute atomic E-state index is 12.8. The molecule has 2 N–H and O–H groups in total. The molecule has 0 radical (unpaired) electrons. The van der Waals surface area contributed by atoms with E-state index in [9.17, 15) is 9.18 Å². The minimum absolute atomic E-state index is 0.0289. The lowest BCUT2D eigenvalue weighted by Gasteiger charge is -2.14. The monoisotopic (exact) mass is 306 g/mol. The molecule has 0 aliphatic rings. The molecular weight excluding hydrogens is 291 g/mol. The van der Waals surface area contributed by atoms with Gasteiger partial charge >= 0.3 is 0 Å². The van der Waals surface area contributed by atoms with Crippen molar-refractivity contribution in [1.29, 1.82) is 0 Å². The quantitative estimate of drug-likeness (QED) is 0.883. The Balaban J connectivity index is 1.83. The summed E-state index contributed by atoms with van der Waals surface area (Å²) in [4.78, 5) is 11.8. The first-order chi connectivity index (χ1) is 10.0. The first-order valence-electron chi connectivity index (χ1n) is 6.59. The zero-order chi connectivity index (χ0) is 15.2. The third-order valence-corrected chi connectivity index (χ3v) is 3.32. The molecule has 2 aromatic carbocycles. The summed E-state index contributed by atoms with van der Waals surface area (Å²) in [7, 11) is 0. The number of halogens is 2. The molecule has 3 nitrogen and oxygen atoms in total. The van der Waals surface area contributed by atoms with Gasteiger partial charge in [-0.05, 0) is 48.9 Å². The molecule has 1 amide bonds. The van der Waals surface area contributed by atoms with Crippen LogP contribution in [0.4, 0.5) is 10.1 Å². The van der Waals surface area contributed by atoms with Crippen molar-refractivity contribution >= 4 is 23.2 Å². The molecular formula is C16H16ClFN2O. The Kier molecular flexibility index (Phi) is 5.31. The van der Waals surface area contributed by atoms with Crippen LogP contribution in [0.15, 0.2) is 48.5 Å². The van der Waals surface area contributed by atoms with Crippen molar-refractivity contribution in [2.24, 2.45) is 0 Å². The zero-order valence-electron chi connectivity index (χ0n) is 11.6. The fraction of sp³-hybridized carbons (Fsp3) is 0.188. The van der Waals surface area contributed by atoms with E-state index >= 15 is 0 Å². The lowest BCUT2D eigenvalue weighted by Crippen LogP contribution is -2.30. The molecule has 0 aliphatic carbocycles. The predicted molar refractivity (Wildman–Crippen MR) is 82.9 cm³/mol. The summed E-state index contributed by atoms with van der Waals surface area (Å²) in [6.07, 6.45) is 0. The molecule has 5 heteroatoms. The summed E-state index contributed by atoms with van der Waals surface area (Å²) in [5.41, 5.74) is 1.62. The summed E-state index contributed by atoms with van der Waals surface area (Å²) in [5.74, 6) is -0.509. The van der Waals surface area contributed by atoms with Crippen molar-refractivity contribution < 1.29 is 9.18 Å². The lowest BCUT2D eigenvalue weighted by atomic mass is 10.1. The maximum atomic E-state index is 12.8. The largest absolute Gasteiger partial charge is 0.325 e. The van der Waals surface area contributed by atoms with Crippen molar-refractivity contribution in [2.45, 2.75) is 13.0 Å². The fourth-order valence-electron chi connectivity index (χ4n) is 1.85. The van der Waals surface area contributed by atoms with E-state index in [4.69, 9.17) is 11.6 Å². The Hall–Kier alpha value is -1.91. The molecule has 0 aromatic heterocycles. The highest BCUT2D eigenvalue weighted by Gasteiger charge is 2.08. The van der Waals surface area contributed by atoms with Crippen molar-refractivity contribution in [3.63, 3.8) is 0 Å². The first-order valence-corrected chi connectivity index (χ1v) is 6.96. The van der Waals surface area contributed by atoms with Crippen molar-refractivity contribution in [3.8, 4) is 0 Å². The average Bonchev–Trinajstić information content (AvgIpc) is 2.48. The number of anilines is 1. The van der Waals surface area contributed by atoms with Gasteiger partial charge in [-0.3, -0.25) is 4.79 Å². The van der Waals surface area contributed by atoms with E-state index in [0.29, 0.717) is 10.7 Å². The second kappa shape index (κ2) is 7.20. The smallest absolute Gasteiger partial charge is 0.238 e. The van der Waals surface area contributed by atoms with Crippen LogP contribution in [0.25, 0.3) is 0 Å². The zero-order valence-corrected chi connectivity index (χ0v) is 12.3. The van der Waals surface area contributed by atoms with Gasteiger partial charge in [-0.15, -0.1) is 0 Å². The molecule has 0 saturated carbocycles. The van der Waals surface area contributed by atoms with Gasteiger partial charge in [-0.1, -0.05) is 23.7 Å². The van der Waals surface area contributed by atoms with Gasteiger partial charge in [0.15, 0.2) is 0 Å². The van der Waals surface area contributed by atoms with Crippen molar-refractivity contribution in [2.75, 3.05) is 11.9 Å². The summed E-state index contributed by atoms with van der Waals surface area (Å²) in [6, 6.07) is 13.1. The van der Waals surface area contributed by atoms with Crippen LogP contribution in [0.1, 0.15) is 18.5 Å². The third-order valence-electron chi connectivity index (χ3n) is 3.07. The summed E-state index contributed by atoms with van der Waals surface area (Å²) in [6.45, 7) is 2.13. The van der Waals surface area contributed by atoms with Crippen LogP contribution < -0.4 is 10.6 Å². The Morgan fingerprint density at radius 1 is 1.14 bits per heavy atom. The topological polar surface area (TPSA) is 41.1 Å². The van der Waals surface area contributed by atoms with Crippen LogP contribution in [0.3, 0.4) is 0 Å². The second-order valence-corrected chi connectivity index (χ2v) is 5.15. The van der Waals surface area contributed by atoms with E-state index in [1.165, 1.54) is 24.3 Å². The summed E-state index contributed by atoms with van der Waals surface area (Å²) < 4.78 is 12.8. The Morgan fingerprint density at radius 2 is 1.76 bits per heavy atom. The number of rotatable bonds is 5. The van der Waals surface area contributed by atoms with Gasteiger partial charge in [0.25, 0.3) is 0 Å². The highest BCUT2D eigenvalue weighted by Crippen LogP contribution is 2.15. The summed E-state index contributed by atoms with van der Waals surface area (Å²) >= 11 is 5.83. The van der Waals surface area contributed by atoms with Gasteiger partial charge in [-0.25, -0.2) is 4.39 Å². The maximum Gasteiger partial charge on any atom is 0.238 e. The van der Waals surface area contributed by atoms with E-state index < -0.39 is 0 Å². The molecule has 1 atom stereocenters. The highest BCUT2D eigenvalue weighted by molar-refractivity contribution is 6.30. The average molecular weight is 307 g/mol. The van der Waals surface area contributed by atoms with E-state index in [1.54, 1.807) is 0 Å². The predicted octanol–water partition coefficient (Wildman–Crippen LogP) is 3.77. The van der Waals surface area contributed by atoms with Crippen LogP contribution >= 0.6 is 11.6 Å². The van der Waals surface area contributed by atoms with E-state index in [1.807, 2.05) is 31.2 Å². The number of hydrogen-bond donors (Lipinski definition) is 2. The molecule has 21 heavy (non-hydrogen) atoms. The molecule has 0 unspecified atom stereocenters. The Labute approximate surface area is 128 Å². The molecule has 0 aliphatic heterocycles. The fourth-order valence-corrected chi connectivity index (χ4v) is 1.98. The van der Waals surface area contributed by atoms with Crippen molar-refractivity contribution in [1.82, 2.24) is 5.32 Å². The number of nitrogens with one attached hydrogen (secondary N) is 2. The molecule has 2 rings (SSSR count). The van der Waals surface area contributed by atoms with Gasteiger partial charge in [0, 0.05) is 16.8 Å². The van der Waals surface area contributed by atoms with E-state index in [0.717, 1.165) is 5.56 Å². The van der Waals surface area contributed by atoms with Gasteiger partial charge in [0.2, 0.25) is 5.91 Å². The van der Waals surface area contributed by atoms with Gasteiger partial charge in [-0.2, -0.15) is 0 Å². The molecule has 0 bridgehead atoms. The molecule has 2 aromatic rings. The number of carbonyl (C=O) groups is 1. The minimum Gasteiger partial charge on any atom is -0.325 e. The second-order valence-electron chi connectivity index (χ2n) is 4.71. The first kappa shape index (κ1) is 15.5. The molecule has 0 heterocycles. The molecule has 0 fully saturated rings. The number of carbonyl (C=O) groups excluding carboxylic acids is 1. The van der Waals surface area contributed by atoms with Gasteiger partial charge < -0.3 is 10.6 Å². The van der Waals surface area contributed by atoms with Crippen LogP contribution in [-0.4, -0.2) is 12.5 Å². The normalized spacial score (nSPS) is 12.0. The lowest BCUT2D eigenvalue weighted by molar-refractivity contribution is -0.115. The number of hydrogen-bond acceptors (Lipinski definition) is 2. The van der Waals surface area contributed by atoms with Crippen LogP contribution in [-0.2, 0) is 4.79 Å². The van der Waals surface area contributed by atoms with Gasteiger partial charge in [0.05, 0.1) is 6.54 Å². The minimum atomic E-state index is -0.331.